The van der Waals surface area contributed by atoms with Gasteiger partial charge >= 0.3 is 6.36 Å². The van der Waals surface area contributed by atoms with Gasteiger partial charge < -0.3 is 0 Å². The molecule has 0 bridgehead atoms. The minimum atomic E-state index is -4.84. The number of aliphatic imine (C=N–C) groups is 1. The molecule has 1 amide bonds. The number of halogens is 4. The summed E-state index contributed by atoms with van der Waals surface area (Å²) in [6.07, 6.45) is -2.03. The predicted octanol–water partition coefficient (Wildman–Crippen LogP) is 3.54. The summed E-state index contributed by atoms with van der Waals surface area (Å²) in [5.74, 6) is -1.21. The van der Waals surface area contributed by atoms with E-state index < -0.39 is 36.2 Å². The summed E-state index contributed by atoms with van der Waals surface area (Å²) in [5.41, 5.74) is -1.15. The number of hydroxylamine groups is 2. The maximum Gasteiger partial charge on any atom is 0.522 e. The summed E-state index contributed by atoms with van der Waals surface area (Å²) in [6.45, 7) is 6.44. The lowest BCUT2D eigenvalue weighted by Gasteiger charge is -2.31. The quantitative estimate of drug-likeness (QED) is 0.417. The van der Waals surface area contributed by atoms with Gasteiger partial charge in [-0.05, 0) is 39.1 Å². The van der Waals surface area contributed by atoms with Crippen LogP contribution in [-0.2, 0) is 14.4 Å². The number of hydrogen-bond acceptors (Lipinski definition) is 4. The number of carbonyl (C=O) groups excluding carboxylic acids is 1. The van der Waals surface area contributed by atoms with Crippen molar-refractivity contribution >= 4 is 12.6 Å². The Bertz CT molecular complexity index is 537. The van der Waals surface area contributed by atoms with Crippen LogP contribution >= 0.6 is 0 Å². The molecule has 5 nitrogen and oxygen atoms in total. The van der Waals surface area contributed by atoms with Crippen LogP contribution in [0.5, 0.6) is 0 Å². The van der Waals surface area contributed by atoms with E-state index in [-0.39, 0.29) is 6.61 Å². The second kappa shape index (κ2) is 7.89. The van der Waals surface area contributed by atoms with E-state index in [9.17, 15) is 22.4 Å². The molecule has 0 spiro atoms. The van der Waals surface area contributed by atoms with Gasteiger partial charge in [-0.3, -0.25) is 19.4 Å². The summed E-state index contributed by atoms with van der Waals surface area (Å²) >= 11 is 0. The maximum atomic E-state index is 13.2. The minimum absolute atomic E-state index is 0.167. The van der Waals surface area contributed by atoms with Crippen molar-refractivity contribution in [3.05, 3.63) is 23.7 Å². The van der Waals surface area contributed by atoms with Crippen LogP contribution in [0.4, 0.5) is 17.6 Å². The number of alkyl halides is 3. The van der Waals surface area contributed by atoms with Crippen molar-refractivity contribution in [2.75, 3.05) is 13.2 Å². The largest absolute Gasteiger partial charge is 0.522 e. The molecular weight excluding hydrogens is 332 g/mol. The van der Waals surface area contributed by atoms with Crippen molar-refractivity contribution in [2.45, 2.75) is 39.6 Å². The smallest absolute Gasteiger partial charge is 0.291 e. The Labute approximate surface area is 137 Å². The first-order valence-corrected chi connectivity index (χ1v) is 7.15. The summed E-state index contributed by atoms with van der Waals surface area (Å²) in [5, 5.41) is 0.955. The van der Waals surface area contributed by atoms with E-state index in [1.54, 1.807) is 0 Å². The lowest BCUT2D eigenvalue weighted by Crippen LogP contribution is -2.46. The fourth-order valence-electron chi connectivity index (χ4n) is 2.15. The maximum absolute atomic E-state index is 13.2. The van der Waals surface area contributed by atoms with E-state index in [1.165, 1.54) is 33.0 Å². The van der Waals surface area contributed by atoms with Crippen LogP contribution in [0.15, 0.2) is 28.7 Å². The molecule has 1 fully saturated rings. The van der Waals surface area contributed by atoms with Gasteiger partial charge in [0.15, 0.2) is 0 Å². The third-order valence-electron chi connectivity index (χ3n) is 3.27. The predicted molar refractivity (Wildman–Crippen MR) is 79.5 cm³/mol. The lowest BCUT2D eigenvalue weighted by atomic mass is 9.92. The monoisotopic (exact) mass is 352 g/mol. The third-order valence-corrected chi connectivity index (χ3v) is 3.27. The summed E-state index contributed by atoms with van der Waals surface area (Å²) in [4.78, 5) is 21.4. The van der Waals surface area contributed by atoms with Gasteiger partial charge in [-0.25, -0.2) is 9.45 Å². The molecule has 0 unspecified atom stereocenters. The number of carbonyl (C=O) groups is 1. The molecule has 1 saturated heterocycles. The Morgan fingerprint density at radius 3 is 2.58 bits per heavy atom. The molecule has 0 aliphatic carbocycles. The van der Waals surface area contributed by atoms with E-state index in [0.717, 1.165) is 5.06 Å². The molecule has 0 aromatic heterocycles. The van der Waals surface area contributed by atoms with E-state index in [4.69, 9.17) is 4.84 Å². The minimum Gasteiger partial charge on any atom is -0.291 e. The Balaban J connectivity index is 2.97. The van der Waals surface area contributed by atoms with E-state index >= 15 is 0 Å². The van der Waals surface area contributed by atoms with Crippen LogP contribution in [0.3, 0.4) is 0 Å². The molecule has 0 N–H and O–H groups in total. The highest BCUT2D eigenvalue weighted by Gasteiger charge is 2.43. The van der Waals surface area contributed by atoms with Crippen LogP contribution in [0.25, 0.3) is 0 Å². The standard InChI is InChI=1S/C15H20F4N2O3/c1-10(16)7-11(8-20-4)12-5-6-24-21(12)13(22)14(2,3)9-23-15(17,18)19/h7-8,12H,4-6,9H2,1-3H3/b10-7+,11-8+/t12-/m0/s1. The molecule has 9 heteroatoms. The van der Waals surface area contributed by atoms with E-state index in [1.807, 2.05) is 0 Å². The zero-order chi connectivity index (χ0) is 18.5. The first kappa shape index (κ1) is 20.3. The van der Waals surface area contributed by atoms with Crippen LogP contribution in [0.2, 0.25) is 0 Å². The SMILES string of the molecule is C=N/C=C(\C=C(/C)F)[C@@H]1CCON1C(=O)C(C)(C)COC(F)(F)F. The fraction of sp³-hybridized carbons (Fsp3) is 0.600. The Kier molecular flexibility index (Phi) is 6.67. The average Bonchev–Trinajstić information content (AvgIpc) is 2.92. The average molecular weight is 352 g/mol. The van der Waals surface area contributed by atoms with Crippen LogP contribution in [0.1, 0.15) is 27.2 Å². The van der Waals surface area contributed by atoms with Crippen molar-refractivity contribution in [1.29, 1.82) is 0 Å². The topological polar surface area (TPSA) is 51.1 Å². The zero-order valence-corrected chi connectivity index (χ0v) is 13.7. The molecule has 1 atom stereocenters. The van der Waals surface area contributed by atoms with Crippen molar-refractivity contribution in [2.24, 2.45) is 10.4 Å². The number of allylic oxidation sites excluding steroid dienone is 1. The summed E-state index contributed by atoms with van der Waals surface area (Å²) in [6, 6.07) is -0.668. The molecule has 0 saturated carbocycles. The van der Waals surface area contributed by atoms with Gasteiger partial charge in [-0.1, -0.05) is 0 Å². The van der Waals surface area contributed by atoms with E-state index in [0.29, 0.717) is 12.0 Å². The summed E-state index contributed by atoms with van der Waals surface area (Å²) in [7, 11) is 0. The second-order valence-corrected chi connectivity index (χ2v) is 5.93. The van der Waals surface area contributed by atoms with Crippen molar-refractivity contribution < 1.29 is 31.9 Å². The highest BCUT2D eigenvalue weighted by atomic mass is 19.4. The van der Waals surface area contributed by atoms with Gasteiger partial charge in [-0.2, -0.15) is 0 Å². The molecule has 136 valence electrons. The number of ether oxygens (including phenoxy) is 1. The number of nitrogens with zero attached hydrogens (tertiary/aromatic N) is 2. The first-order chi connectivity index (χ1) is 11.0. The van der Waals surface area contributed by atoms with Gasteiger partial charge in [0.1, 0.15) is 0 Å². The Morgan fingerprint density at radius 2 is 2.08 bits per heavy atom. The van der Waals surface area contributed by atoms with Crippen LogP contribution in [0, 0.1) is 5.41 Å². The molecule has 1 aliphatic rings. The number of amides is 1. The lowest BCUT2D eigenvalue weighted by molar-refractivity contribution is -0.331. The molecule has 0 aromatic carbocycles. The first-order valence-electron chi connectivity index (χ1n) is 7.15. The van der Waals surface area contributed by atoms with Gasteiger partial charge in [-0.15, -0.1) is 13.2 Å². The highest BCUT2D eigenvalue weighted by molar-refractivity contribution is 5.82. The van der Waals surface area contributed by atoms with Gasteiger partial charge in [0.05, 0.1) is 30.5 Å². The van der Waals surface area contributed by atoms with Crippen molar-refractivity contribution in [3.63, 3.8) is 0 Å². The van der Waals surface area contributed by atoms with Crippen molar-refractivity contribution in [3.8, 4) is 0 Å². The molecule has 1 aliphatic heterocycles. The Morgan fingerprint density at radius 1 is 1.46 bits per heavy atom. The molecular formula is C15H20F4N2O3. The van der Waals surface area contributed by atoms with Gasteiger partial charge in [0.2, 0.25) is 0 Å². The highest BCUT2D eigenvalue weighted by Crippen LogP contribution is 2.31. The molecule has 0 aromatic rings. The van der Waals surface area contributed by atoms with Gasteiger partial charge in [0, 0.05) is 12.6 Å². The molecule has 1 rings (SSSR count). The van der Waals surface area contributed by atoms with Crippen LogP contribution in [-0.4, -0.2) is 43.3 Å². The van der Waals surface area contributed by atoms with Crippen molar-refractivity contribution in [1.82, 2.24) is 5.06 Å². The summed E-state index contributed by atoms with van der Waals surface area (Å²) < 4.78 is 53.6. The normalized spacial score (nSPS) is 20.5. The zero-order valence-electron chi connectivity index (χ0n) is 13.7. The Hall–Kier alpha value is -1.74. The van der Waals surface area contributed by atoms with Crippen LogP contribution < -0.4 is 0 Å². The number of rotatable bonds is 6. The third kappa shape index (κ3) is 5.72. The van der Waals surface area contributed by atoms with E-state index in [2.05, 4.69) is 16.4 Å². The fourth-order valence-corrected chi connectivity index (χ4v) is 2.15. The molecule has 24 heavy (non-hydrogen) atoms. The number of hydrogen-bond donors (Lipinski definition) is 0. The molecule has 0 radical (unpaired) electrons. The second-order valence-electron chi connectivity index (χ2n) is 5.93. The molecule has 1 heterocycles. The van der Waals surface area contributed by atoms with Gasteiger partial charge in [0.25, 0.3) is 5.91 Å².